The maximum absolute atomic E-state index is 3.82. The Labute approximate surface area is 112 Å². The summed E-state index contributed by atoms with van der Waals surface area (Å²) in [6.45, 7) is 6.77. The fourth-order valence-corrected chi connectivity index (χ4v) is 3.12. The molecule has 1 aromatic carbocycles. The zero-order chi connectivity index (χ0) is 13.0. The van der Waals surface area contributed by atoms with E-state index in [4.69, 9.17) is 0 Å². The molecular weight excluding hydrogens is 218 g/mol. The van der Waals surface area contributed by atoms with Gasteiger partial charge in [0.2, 0.25) is 0 Å². The molecule has 0 saturated heterocycles. The molecule has 0 aromatic heterocycles. The molecule has 1 fully saturated rings. The summed E-state index contributed by atoms with van der Waals surface area (Å²) in [5.74, 6) is 0.946. The maximum Gasteiger partial charge on any atom is 0.0294 e. The molecule has 0 spiro atoms. The van der Waals surface area contributed by atoms with Gasteiger partial charge in [0, 0.05) is 12.1 Å². The monoisotopic (exact) mass is 245 g/mol. The second-order valence-electron chi connectivity index (χ2n) is 5.94. The minimum Gasteiger partial charge on any atom is -0.307 e. The van der Waals surface area contributed by atoms with Gasteiger partial charge in [0.25, 0.3) is 0 Å². The van der Waals surface area contributed by atoms with Gasteiger partial charge in [-0.05, 0) is 38.2 Å². The van der Waals surface area contributed by atoms with E-state index in [1.807, 2.05) is 0 Å². The van der Waals surface area contributed by atoms with Crippen LogP contribution in [0.25, 0.3) is 0 Å². The third-order valence-electron chi connectivity index (χ3n) is 4.42. The molecule has 0 bridgehead atoms. The first-order valence-corrected chi connectivity index (χ1v) is 7.51. The van der Waals surface area contributed by atoms with Gasteiger partial charge < -0.3 is 5.32 Å². The molecule has 0 radical (unpaired) electrons. The van der Waals surface area contributed by atoms with Gasteiger partial charge in [0.05, 0.1) is 0 Å². The van der Waals surface area contributed by atoms with Gasteiger partial charge in [-0.15, -0.1) is 0 Å². The zero-order valence-corrected chi connectivity index (χ0v) is 12.1. The van der Waals surface area contributed by atoms with Gasteiger partial charge in [0.1, 0.15) is 0 Å². The van der Waals surface area contributed by atoms with E-state index in [0.717, 1.165) is 12.0 Å². The van der Waals surface area contributed by atoms with E-state index >= 15 is 0 Å². The number of hydrogen-bond donors (Lipinski definition) is 1. The molecule has 1 N–H and O–H groups in total. The summed E-state index contributed by atoms with van der Waals surface area (Å²) < 4.78 is 0. The Morgan fingerprint density at radius 3 is 2.61 bits per heavy atom. The Balaban J connectivity index is 1.90. The predicted octanol–water partition coefficient (Wildman–Crippen LogP) is 4.61. The van der Waals surface area contributed by atoms with Gasteiger partial charge in [-0.3, -0.25) is 0 Å². The van der Waals surface area contributed by atoms with Crippen LogP contribution >= 0.6 is 0 Å². The maximum atomic E-state index is 3.82. The van der Waals surface area contributed by atoms with E-state index in [9.17, 15) is 0 Å². The topological polar surface area (TPSA) is 12.0 Å². The summed E-state index contributed by atoms with van der Waals surface area (Å²) in [5.41, 5.74) is 2.76. The summed E-state index contributed by atoms with van der Waals surface area (Å²) in [6.07, 6.45) is 6.90. The normalized spacial score (nSPS) is 25.9. The largest absolute Gasteiger partial charge is 0.307 e. The Morgan fingerprint density at radius 2 is 1.94 bits per heavy atom. The van der Waals surface area contributed by atoms with Crippen LogP contribution < -0.4 is 5.32 Å². The summed E-state index contributed by atoms with van der Waals surface area (Å²) in [6, 6.07) is 10.1. The van der Waals surface area contributed by atoms with Crippen molar-refractivity contribution in [3.8, 4) is 0 Å². The van der Waals surface area contributed by atoms with E-state index in [0.29, 0.717) is 6.04 Å². The molecule has 2 rings (SSSR count). The molecule has 100 valence electrons. The Bertz CT molecular complexity index is 354. The van der Waals surface area contributed by atoms with E-state index in [2.05, 4.69) is 50.4 Å². The molecular formula is C17H27N. The van der Waals surface area contributed by atoms with E-state index in [1.54, 1.807) is 0 Å². The molecule has 3 atom stereocenters. The number of benzene rings is 1. The van der Waals surface area contributed by atoms with Crippen molar-refractivity contribution in [3.05, 3.63) is 35.4 Å². The van der Waals surface area contributed by atoms with Crippen molar-refractivity contribution in [1.82, 2.24) is 5.32 Å². The summed E-state index contributed by atoms with van der Waals surface area (Å²) in [4.78, 5) is 0. The first-order chi connectivity index (χ1) is 8.69. The van der Waals surface area contributed by atoms with Gasteiger partial charge in [-0.1, -0.05) is 56.0 Å². The van der Waals surface area contributed by atoms with Crippen molar-refractivity contribution in [2.75, 3.05) is 0 Å². The second-order valence-corrected chi connectivity index (χ2v) is 5.94. The lowest BCUT2D eigenvalue weighted by Crippen LogP contribution is -2.35. The highest BCUT2D eigenvalue weighted by molar-refractivity contribution is 5.23. The molecule has 1 aliphatic carbocycles. The minimum atomic E-state index is 0.478. The van der Waals surface area contributed by atoms with Crippen LogP contribution in [0, 0.1) is 12.8 Å². The molecule has 0 heterocycles. The lowest BCUT2D eigenvalue weighted by atomic mass is 9.84. The zero-order valence-electron chi connectivity index (χ0n) is 12.1. The molecule has 1 aromatic rings. The molecule has 1 heteroatoms. The van der Waals surface area contributed by atoms with Crippen LogP contribution in [-0.2, 0) is 0 Å². The number of nitrogens with one attached hydrogen (secondary N) is 1. The Kier molecular flexibility index (Phi) is 4.82. The van der Waals surface area contributed by atoms with Crippen molar-refractivity contribution in [1.29, 1.82) is 0 Å². The van der Waals surface area contributed by atoms with Crippen molar-refractivity contribution in [2.45, 2.75) is 65.0 Å². The molecule has 3 unspecified atom stereocenters. The van der Waals surface area contributed by atoms with E-state index in [1.165, 1.54) is 43.2 Å². The highest BCUT2D eigenvalue weighted by Gasteiger charge is 2.21. The van der Waals surface area contributed by atoms with Crippen LogP contribution in [0.3, 0.4) is 0 Å². The van der Waals surface area contributed by atoms with E-state index < -0.39 is 0 Å². The van der Waals surface area contributed by atoms with Gasteiger partial charge in [0.15, 0.2) is 0 Å². The van der Waals surface area contributed by atoms with Crippen molar-refractivity contribution in [3.63, 3.8) is 0 Å². The lowest BCUT2D eigenvalue weighted by molar-refractivity contribution is 0.266. The standard InChI is InChI=1S/C17H27N/c1-4-15-6-5-7-17(12-15)18-14(3)16-10-8-13(2)9-11-16/h8-11,14-15,17-18H,4-7,12H2,1-3H3. The summed E-state index contributed by atoms with van der Waals surface area (Å²) in [7, 11) is 0. The van der Waals surface area contributed by atoms with Crippen LogP contribution in [0.5, 0.6) is 0 Å². The van der Waals surface area contributed by atoms with Crippen LogP contribution in [0.4, 0.5) is 0 Å². The minimum absolute atomic E-state index is 0.478. The SMILES string of the molecule is CCC1CCCC(NC(C)c2ccc(C)cc2)C1. The van der Waals surface area contributed by atoms with Crippen molar-refractivity contribution >= 4 is 0 Å². The molecule has 18 heavy (non-hydrogen) atoms. The van der Waals surface area contributed by atoms with Gasteiger partial charge in [-0.2, -0.15) is 0 Å². The van der Waals surface area contributed by atoms with Crippen LogP contribution in [0.2, 0.25) is 0 Å². The molecule has 1 saturated carbocycles. The number of rotatable bonds is 4. The molecule has 1 aliphatic rings. The van der Waals surface area contributed by atoms with Crippen molar-refractivity contribution in [2.24, 2.45) is 5.92 Å². The Morgan fingerprint density at radius 1 is 1.22 bits per heavy atom. The van der Waals surface area contributed by atoms with E-state index in [-0.39, 0.29) is 0 Å². The average molecular weight is 245 g/mol. The van der Waals surface area contributed by atoms with Gasteiger partial charge >= 0.3 is 0 Å². The fourth-order valence-electron chi connectivity index (χ4n) is 3.12. The lowest BCUT2D eigenvalue weighted by Gasteiger charge is -2.31. The second kappa shape index (κ2) is 6.38. The van der Waals surface area contributed by atoms with Crippen LogP contribution in [0.1, 0.15) is 63.1 Å². The summed E-state index contributed by atoms with van der Waals surface area (Å²) >= 11 is 0. The molecule has 0 aliphatic heterocycles. The Hall–Kier alpha value is -0.820. The smallest absolute Gasteiger partial charge is 0.0294 e. The predicted molar refractivity (Wildman–Crippen MR) is 78.8 cm³/mol. The summed E-state index contributed by atoms with van der Waals surface area (Å²) in [5, 5.41) is 3.82. The number of hydrogen-bond acceptors (Lipinski definition) is 1. The van der Waals surface area contributed by atoms with Crippen LogP contribution in [0.15, 0.2) is 24.3 Å². The number of aryl methyl sites for hydroxylation is 1. The highest BCUT2D eigenvalue weighted by Crippen LogP contribution is 2.28. The molecule has 0 amide bonds. The average Bonchev–Trinajstić information content (AvgIpc) is 2.39. The van der Waals surface area contributed by atoms with Crippen molar-refractivity contribution < 1.29 is 0 Å². The van der Waals surface area contributed by atoms with Crippen LogP contribution in [-0.4, -0.2) is 6.04 Å². The first-order valence-electron chi connectivity index (χ1n) is 7.51. The third-order valence-corrected chi connectivity index (χ3v) is 4.42. The highest BCUT2D eigenvalue weighted by atomic mass is 14.9. The van der Waals surface area contributed by atoms with Gasteiger partial charge in [-0.25, -0.2) is 0 Å². The molecule has 1 nitrogen and oxygen atoms in total. The third kappa shape index (κ3) is 3.58. The quantitative estimate of drug-likeness (QED) is 0.816. The fraction of sp³-hybridized carbons (Fsp3) is 0.647. The first kappa shape index (κ1) is 13.6.